The molecule has 0 spiro atoms. The van der Waals surface area contributed by atoms with Crippen LogP contribution in [0, 0.1) is 5.92 Å². The summed E-state index contributed by atoms with van der Waals surface area (Å²) in [5.74, 6) is -0.961. The van der Waals surface area contributed by atoms with E-state index in [1.165, 1.54) is 0 Å². The molecule has 0 amide bonds. The maximum atomic E-state index is 12.7. The Labute approximate surface area is 184 Å². The van der Waals surface area contributed by atoms with Crippen molar-refractivity contribution < 1.29 is 14.6 Å². The lowest BCUT2D eigenvalue weighted by atomic mass is 9.88. The predicted molar refractivity (Wildman–Crippen MR) is 117 cm³/mol. The quantitative estimate of drug-likeness (QED) is 0.416. The number of carbonyl (C=O) groups excluding carboxylic acids is 1. The van der Waals surface area contributed by atoms with E-state index in [9.17, 15) is 9.90 Å². The second-order valence-electron chi connectivity index (χ2n) is 6.74. The van der Waals surface area contributed by atoms with Crippen LogP contribution in [0.15, 0.2) is 72.8 Å². The number of ether oxygens (including phenoxy) is 1. The fourth-order valence-electron chi connectivity index (χ4n) is 3.06. The van der Waals surface area contributed by atoms with Gasteiger partial charge in [-0.1, -0.05) is 66.0 Å². The molecule has 0 bridgehead atoms. The molecule has 0 aromatic heterocycles. The Hall–Kier alpha value is -2.04. The fourth-order valence-corrected chi connectivity index (χ4v) is 3.51. The molecule has 3 aromatic carbocycles. The van der Waals surface area contributed by atoms with Gasteiger partial charge in [0.2, 0.25) is 0 Å². The highest BCUT2D eigenvalue weighted by molar-refractivity contribution is 6.31. The molecule has 0 radical (unpaired) electrons. The minimum atomic E-state index is -0.896. The molecule has 3 aromatic rings. The third-order valence-electron chi connectivity index (χ3n) is 4.68. The van der Waals surface area contributed by atoms with E-state index in [2.05, 4.69) is 0 Å². The van der Waals surface area contributed by atoms with Crippen molar-refractivity contribution in [2.24, 2.45) is 5.92 Å². The lowest BCUT2D eigenvalue weighted by Gasteiger charge is -2.29. The molecule has 0 saturated carbocycles. The van der Waals surface area contributed by atoms with Gasteiger partial charge in [0.1, 0.15) is 6.10 Å². The van der Waals surface area contributed by atoms with Gasteiger partial charge in [0.05, 0.1) is 11.7 Å². The summed E-state index contributed by atoms with van der Waals surface area (Å²) < 4.78 is 5.82. The van der Waals surface area contributed by atoms with Crippen LogP contribution in [-0.2, 0) is 4.74 Å². The number of halogens is 3. The second kappa shape index (κ2) is 9.64. The lowest BCUT2D eigenvalue weighted by molar-refractivity contribution is -0.0155. The third-order valence-corrected chi connectivity index (χ3v) is 5.42. The Morgan fingerprint density at radius 2 is 1.41 bits per heavy atom. The monoisotopic (exact) mass is 448 g/mol. The van der Waals surface area contributed by atoms with Crippen LogP contribution in [0.1, 0.15) is 40.6 Å². The van der Waals surface area contributed by atoms with Gasteiger partial charge in [-0.05, 0) is 59.7 Å². The van der Waals surface area contributed by atoms with Crippen molar-refractivity contribution in [1.82, 2.24) is 0 Å². The van der Waals surface area contributed by atoms with E-state index >= 15 is 0 Å². The van der Waals surface area contributed by atoms with Crippen molar-refractivity contribution in [1.29, 1.82) is 0 Å². The van der Waals surface area contributed by atoms with Crippen molar-refractivity contribution >= 4 is 40.8 Å². The van der Waals surface area contributed by atoms with Crippen LogP contribution in [-0.4, -0.2) is 11.1 Å². The van der Waals surface area contributed by atoms with E-state index in [4.69, 9.17) is 39.5 Å². The molecule has 0 saturated heterocycles. The Morgan fingerprint density at radius 1 is 0.828 bits per heavy atom. The SMILES string of the molecule is C[C@@H]([C@H](O)c1cccc(Cl)c1)[C@H](OC(=O)c1ccc(Cl)cc1)c1ccc(Cl)cc1. The third kappa shape index (κ3) is 5.52. The molecule has 3 rings (SSSR count). The largest absolute Gasteiger partial charge is 0.453 e. The second-order valence-corrected chi connectivity index (χ2v) is 8.05. The summed E-state index contributed by atoms with van der Waals surface area (Å²) in [6, 6.07) is 20.4. The fraction of sp³-hybridized carbons (Fsp3) is 0.174. The first-order valence-corrected chi connectivity index (χ1v) is 10.1. The first-order chi connectivity index (χ1) is 13.8. The summed E-state index contributed by atoms with van der Waals surface area (Å²) in [4.78, 5) is 12.7. The molecule has 0 aliphatic rings. The van der Waals surface area contributed by atoms with Gasteiger partial charge in [0, 0.05) is 21.0 Å². The highest BCUT2D eigenvalue weighted by Crippen LogP contribution is 2.37. The zero-order chi connectivity index (χ0) is 21.0. The summed E-state index contributed by atoms with van der Waals surface area (Å²) in [6.45, 7) is 1.82. The van der Waals surface area contributed by atoms with Crippen molar-refractivity contribution in [2.75, 3.05) is 0 Å². The molecule has 0 aliphatic carbocycles. The summed E-state index contributed by atoms with van der Waals surface area (Å²) in [5.41, 5.74) is 1.75. The number of hydrogen-bond acceptors (Lipinski definition) is 3. The maximum Gasteiger partial charge on any atom is 0.338 e. The molecule has 0 fully saturated rings. The van der Waals surface area contributed by atoms with Gasteiger partial charge in [0.25, 0.3) is 0 Å². The highest BCUT2D eigenvalue weighted by Gasteiger charge is 2.30. The van der Waals surface area contributed by atoms with Gasteiger partial charge in [-0.2, -0.15) is 0 Å². The number of benzene rings is 3. The van der Waals surface area contributed by atoms with Crippen molar-refractivity contribution in [3.05, 3.63) is 105 Å². The van der Waals surface area contributed by atoms with Crippen LogP contribution in [0.25, 0.3) is 0 Å². The van der Waals surface area contributed by atoms with Crippen LogP contribution in [0.3, 0.4) is 0 Å². The zero-order valence-corrected chi connectivity index (χ0v) is 17.8. The van der Waals surface area contributed by atoms with E-state index in [0.717, 1.165) is 5.56 Å². The molecule has 0 unspecified atom stereocenters. The average Bonchev–Trinajstić information content (AvgIpc) is 2.72. The Bertz CT molecular complexity index is 971. The van der Waals surface area contributed by atoms with Crippen molar-refractivity contribution in [3.63, 3.8) is 0 Å². The number of rotatable bonds is 6. The molecule has 3 nitrogen and oxygen atoms in total. The van der Waals surface area contributed by atoms with Gasteiger partial charge in [-0.25, -0.2) is 4.79 Å². The standard InChI is InChI=1S/C23H19Cl3O3/c1-14(21(27)17-3-2-4-20(26)13-17)22(15-5-9-18(24)10-6-15)29-23(28)16-7-11-19(25)12-8-16/h2-14,21-22,27H,1H3/t14-,21-,22-/m0/s1. The van der Waals surface area contributed by atoms with Crippen LogP contribution in [0.4, 0.5) is 0 Å². The van der Waals surface area contributed by atoms with E-state index in [0.29, 0.717) is 26.2 Å². The van der Waals surface area contributed by atoms with Gasteiger partial charge in [-0.15, -0.1) is 0 Å². The summed E-state index contributed by atoms with van der Waals surface area (Å²) in [5, 5.41) is 12.5. The summed E-state index contributed by atoms with van der Waals surface area (Å²) in [7, 11) is 0. The van der Waals surface area contributed by atoms with E-state index < -0.39 is 24.1 Å². The highest BCUT2D eigenvalue weighted by atomic mass is 35.5. The van der Waals surface area contributed by atoms with Gasteiger partial charge in [-0.3, -0.25) is 0 Å². The minimum Gasteiger partial charge on any atom is -0.453 e. The molecule has 6 heteroatoms. The molecule has 29 heavy (non-hydrogen) atoms. The minimum absolute atomic E-state index is 0.373. The predicted octanol–water partition coefficient (Wildman–Crippen LogP) is 6.91. The first-order valence-electron chi connectivity index (χ1n) is 9.00. The molecule has 1 N–H and O–H groups in total. The molecular formula is C23H19Cl3O3. The van der Waals surface area contributed by atoms with Crippen LogP contribution < -0.4 is 0 Å². The van der Waals surface area contributed by atoms with Gasteiger partial charge >= 0.3 is 5.97 Å². The maximum absolute atomic E-state index is 12.7. The van der Waals surface area contributed by atoms with Gasteiger partial charge in [0.15, 0.2) is 0 Å². The number of hydrogen-bond donors (Lipinski definition) is 1. The number of aliphatic hydroxyl groups excluding tert-OH is 1. The zero-order valence-electron chi connectivity index (χ0n) is 15.6. The number of aliphatic hydroxyl groups is 1. The summed E-state index contributed by atoms with van der Waals surface area (Å²) in [6.07, 6.45) is -1.60. The molecule has 3 atom stereocenters. The molecular weight excluding hydrogens is 431 g/mol. The van der Waals surface area contributed by atoms with Gasteiger partial charge < -0.3 is 9.84 Å². The van der Waals surface area contributed by atoms with E-state index in [-0.39, 0.29) is 0 Å². The number of carbonyl (C=O) groups is 1. The summed E-state index contributed by atoms with van der Waals surface area (Å²) >= 11 is 18.0. The van der Waals surface area contributed by atoms with E-state index in [1.807, 2.05) is 6.92 Å². The topological polar surface area (TPSA) is 46.5 Å². The lowest BCUT2D eigenvalue weighted by Crippen LogP contribution is -2.23. The normalized spacial score (nSPS) is 14.1. The van der Waals surface area contributed by atoms with E-state index in [1.54, 1.807) is 72.8 Å². The smallest absolute Gasteiger partial charge is 0.338 e. The Morgan fingerprint density at radius 3 is 2.00 bits per heavy atom. The van der Waals surface area contributed by atoms with Crippen molar-refractivity contribution in [3.8, 4) is 0 Å². The first kappa shape index (κ1) is 21.7. The Kier molecular flexibility index (Phi) is 7.20. The van der Waals surface area contributed by atoms with Crippen LogP contribution in [0.5, 0.6) is 0 Å². The van der Waals surface area contributed by atoms with Crippen LogP contribution >= 0.6 is 34.8 Å². The average molecular weight is 450 g/mol. The molecule has 0 aliphatic heterocycles. The van der Waals surface area contributed by atoms with Crippen molar-refractivity contribution in [2.45, 2.75) is 19.1 Å². The number of esters is 1. The molecule has 0 heterocycles. The Balaban J connectivity index is 1.90. The van der Waals surface area contributed by atoms with Crippen LogP contribution in [0.2, 0.25) is 15.1 Å². The molecule has 150 valence electrons.